The van der Waals surface area contributed by atoms with E-state index in [1.807, 2.05) is 19.1 Å². The van der Waals surface area contributed by atoms with E-state index in [-0.39, 0.29) is 18.5 Å². The lowest BCUT2D eigenvalue weighted by molar-refractivity contribution is -0.127. The van der Waals surface area contributed by atoms with Crippen LogP contribution >= 0.6 is 23.2 Å². The van der Waals surface area contributed by atoms with Crippen molar-refractivity contribution in [3.63, 3.8) is 0 Å². The minimum absolute atomic E-state index is 0.0373. The predicted molar refractivity (Wildman–Crippen MR) is 104 cm³/mol. The fourth-order valence-electron chi connectivity index (χ4n) is 2.82. The molecule has 1 unspecified atom stereocenters. The van der Waals surface area contributed by atoms with Crippen molar-refractivity contribution in [1.29, 1.82) is 0 Å². The maximum absolute atomic E-state index is 11.9. The largest absolute Gasteiger partial charge is 0.354 e. The molecular formula is C18H26Cl2N4O. The highest BCUT2D eigenvalue weighted by Gasteiger charge is 2.18. The number of hydrogen-bond acceptors (Lipinski definition) is 2. The highest BCUT2D eigenvalue weighted by molar-refractivity contribution is 6.35. The summed E-state index contributed by atoms with van der Waals surface area (Å²) in [6, 6.07) is 5.78. The predicted octanol–water partition coefficient (Wildman–Crippen LogP) is 3.62. The Balaban J connectivity index is 2.10. The van der Waals surface area contributed by atoms with Gasteiger partial charge in [-0.2, -0.15) is 0 Å². The van der Waals surface area contributed by atoms with Crippen LogP contribution < -0.4 is 10.6 Å². The van der Waals surface area contributed by atoms with Gasteiger partial charge in [-0.3, -0.25) is 4.79 Å². The van der Waals surface area contributed by atoms with Crippen LogP contribution in [0, 0.1) is 0 Å². The Kier molecular flexibility index (Phi) is 7.38. The van der Waals surface area contributed by atoms with E-state index in [2.05, 4.69) is 15.6 Å². The quantitative estimate of drug-likeness (QED) is 0.601. The number of amides is 1. The highest BCUT2D eigenvalue weighted by atomic mass is 35.5. The van der Waals surface area contributed by atoms with E-state index in [1.54, 1.807) is 20.2 Å². The Labute approximate surface area is 159 Å². The Morgan fingerprint density at radius 1 is 1.32 bits per heavy atom. The molecular weight excluding hydrogens is 359 g/mol. The van der Waals surface area contributed by atoms with Crippen molar-refractivity contribution in [2.75, 3.05) is 20.6 Å². The van der Waals surface area contributed by atoms with E-state index in [1.165, 1.54) is 17.7 Å². The summed E-state index contributed by atoms with van der Waals surface area (Å²) in [5.74, 6) is 0.602. The van der Waals surface area contributed by atoms with Crippen LogP contribution in [0.25, 0.3) is 0 Å². The Morgan fingerprint density at radius 3 is 2.60 bits per heavy atom. The first-order chi connectivity index (χ1) is 11.9. The van der Waals surface area contributed by atoms with Gasteiger partial charge >= 0.3 is 0 Å². The summed E-state index contributed by atoms with van der Waals surface area (Å²) in [5, 5.41) is 8.01. The molecule has 1 aliphatic carbocycles. The first kappa shape index (κ1) is 19.9. The first-order valence-corrected chi connectivity index (χ1v) is 9.35. The van der Waals surface area contributed by atoms with E-state index < -0.39 is 0 Å². The zero-order valence-electron chi connectivity index (χ0n) is 15.0. The summed E-state index contributed by atoms with van der Waals surface area (Å²) >= 11 is 12.3. The molecule has 0 radical (unpaired) electrons. The topological polar surface area (TPSA) is 56.7 Å². The molecule has 1 saturated carbocycles. The van der Waals surface area contributed by atoms with Gasteiger partial charge in [-0.05, 0) is 37.5 Å². The van der Waals surface area contributed by atoms with Crippen LogP contribution in [0.3, 0.4) is 0 Å². The molecule has 0 heterocycles. The number of nitrogens with one attached hydrogen (secondary N) is 2. The summed E-state index contributed by atoms with van der Waals surface area (Å²) < 4.78 is 0. The Morgan fingerprint density at radius 2 is 2.00 bits per heavy atom. The van der Waals surface area contributed by atoms with Crippen LogP contribution in [-0.2, 0) is 4.79 Å². The van der Waals surface area contributed by atoms with Crippen LogP contribution in [0.4, 0.5) is 0 Å². The number of nitrogens with zero attached hydrogens (tertiary/aromatic N) is 2. The Hall–Kier alpha value is -1.46. The molecule has 25 heavy (non-hydrogen) atoms. The smallest absolute Gasteiger partial charge is 0.243 e. The van der Waals surface area contributed by atoms with Gasteiger partial charge in [-0.1, -0.05) is 42.1 Å². The van der Waals surface area contributed by atoms with Crippen LogP contribution in [0.2, 0.25) is 10.0 Å². The van der Waals surface area contributed by atoms with Crippen molar-refractivity contribution in [1.82, 2.24) is 15.5 Å². The standard InChI is InChI=1S/C18H26Cl2N4O/c1-12(15-9-8-13(19)10-16(15)20)22-18(21-11-17(25)24(2)3)23-14-6-4-5-7-14/h8-10,12,14H,4-7,11H2,1-3H3,(H2,21,22,23). The van der Waals surface area contributed by atoms with Crippen molar-refractivity contribution >= 4 is 35.1 Å². The number of guanidine groups is 1. The summed E-state index contributed by atoms with van der Waals surface area (Å²) in [6.07, 6.45) is 4.69. The summed E-state index contributed by atoms with van der Waals surface area (Å²) in [5.41, 5.74) is 0.936. The van der Waals surface area contributed by atoms with Crippen LogP contribution in [0.5, 0.6) is 0 Å². The van der Waals surface area contributed by atoms with Crippen LogP contribution in [0.15, 0.2) is 23.2 Å². The van der Waals surface area contributed by atoms with E-state index in [4.69, 9.17) is 23.2 Å². The molecule has 1 aliphatic rings. The summed E-state index contributed by atoms with van der Waals surface area (Å²) in [4.78, 5) is 17.9. The molecule has 0 aromatic heterocycles. The molecule has 5 nitrogen and oxygen atoms in total. The number of benzene rings is 1. The zero-order valence-corrected chi connectivity index (χ0v) is 16.5. The third-order valence-corrected chi connectivity index (χ3v) is 4.91. The van der Waals surface area contributed by atoms with Gasteiger partial charge in [-0.25, -0.2) is 4.99 Å². The molecule has 7 heteroatoms. The zero-order chi connectivity index (χ0) is 18.4. The van der Waals surface area contributed by atoms with Crippen molar-refractivity contribution in [3.05, 3.63) is 33.8 Å². The Bertz CT molecular complexity index is 628. The second-order valence-corrected chi connectivity index (χ2v) is 7.45. The number of halogens is 2. The highest BCUT2D eigenvalue weighted by Crippen LogP contribution is 2.26. The molecule has 1 aromatic carbocycles. The van der Waals surface area contributed by atoms with Gasteiger partial charge in [0.05, 0.1) is 6.04 Å². The average Bonchev–Trinajstić information content (AvgIpc) is 3.04. The van der Waals surface area contributed by atoms with E-state index >= 15 is 0 Å². The fraction of sp³-hybridized carbons (Fsp3) is 0.556. The lowest BCUT2D eigenvalue weighted by Crippen LogP contribution is -2.44. The van der Waals surface area contributed by atoms with Crippen molar-refractivity contribution in [2.45, 2.75) is 44.7 Å². The maximum Gasteiger partial charge on any atom is 0.243 e. The molecule has 0 bridgehead atoms. The molecule has 0 spiro atoms. The molecule has 1 amide bonds. The number of rotatable bonds is 5. The molecule has 1 fully saturated rings. The fourth-order valence-corrected chi connectivity index (χ4v) is 3.39. The van der Waals surface area contributed by atoms with Gasteiger partial charge in [-0.15, -0.1) is 0 Å². The number of hydrogen-bond donors (Lipinski definition) is 2. The van der Waals surface area contributed by atoms with Crippen LogP contribution in [-0.4, -0.2) is 43.4 Å². The van der Waals surface area contributed by atoms with Gasteiger partial charge < -0.3 is 15.5 Å². The number of carbonyl (C=O) groups excluding carboxylic acids is 1. The second kappa shape index (κ2) is 9.30. The average molecular weight is 385 g/mol. The van der Waals surface area contributed by atoms with Gasteiger partial charge in [0.2, 0.25) is 5.91 Å². The lowest BCUT2D eigenvalue weighted by Gasteiger charge is -2.22. The minimum atomic E-state index is -0.0631. The van der Waals surface area contributed by atoms with E-state index in [9.17, 15) is 4.79 Å². The lowest BCUT2D eigenvalue weighted by atomic mass is 10.1. The summed E-state index contributed by atoms with van der Waals surface area (Å²) in [6.45, 7) is 2.12. The molecule has 138 valence electrons. The summed E-state index contributed by atoms with van der Waals surface area (Å²) in [7, 11) is 3.46. The number of carbonyl (C=O) groups is 1. The molecule has 2 rings (SSSR count). The molecule has 0 aliphatic heterocycles. The number of likely N-dealkylation sites (N-methyl/N-ethyl adjacent to an activating group) is 1. The number of aliphatic imine (C=N–C) groups is 1. The van der Waals surface area contributed by atoms with Gasteiger partial charge in [0.25, 0.3) is 0 Å². The monoisotopic (exact) mass is 384 g/mol. The minimum Gasteiger partial charge on any atom is -0.354 e. The van der Waals surface area contributed by atoms with Gasteiger partial charge in [0.15, 0.2) is 5.96 Å². The molecule has 1 aromatic rings. The van der Waals surface area contributed by atoms with Crippen molar-refractivity contribution in [2.24, 2.45) is 4.99 Å². The first-order valence-electron chi connectivity index (χ1n) is 8.59. The molecule has 0 saturated heterocycles. The van der Waals surface area contributed by atoms with Gasteiger partial charge in [0, 0.05) is 30.2 Å². The third-order valence-electron chi connectivity index (χ3n) is 4.35. The third kappa shape index (κ3) is 6.08. The van der Waals surface area contributed by atoms with Crippen molar-refractivity contribution in [3.8, 4) is 0 Å². The van der Waals surface area contributed by atoms with E-state index in [0.29, 0.717) is 22.0 Å². The SMILES string of the molecule is CC(NC(=NCC(=O)N(C)C)NC1CCCC1)c1ccc(Cl)cc1Cl. The van der Waals surface area contributed by atoms with Crippen LogP contribution in [0.1, 0.15) is 44.2 Å². The maximum atomic E-state index is 11.9. The van der Waals surface area contributed by atoms with E-state index in [0.717, 1.165) is 18.4 Å². The second-order valence-electron chi connectivity index (χ2n) is 6.61. The molecule has 1 atom stereocenters. The normalized spacial score (nSPS) is 16.6. The molecule has 2 N–H and O–H groups in total. The van der Waals surface area contributed by atoms with Crippen molar-refractivity contribution < 1.29 is 4.79 Å². The van der Waals surface area contributed by atoms with Gasteiger partial charge in [0.1, 0.15) is 6.54 Å².